The Morgan fingerprint density at radius 2 is 1.56 bits per heavy atom. The zero-order chi connectivity index (χ0) is 13.6. The molecule has 0 radical (unpaired) electrons. The van der Waals surface area contributed by atoms with Gasteiger partial charge in [-0.1, -0.05) is 12.1 Å². The van der Waals surface area contributed by atoms with Gasteiger partial charge >= 0.3 is 11.8 Å². The second-order valence-electron chi connectivity index (χ2n) is 3.71. The molecule has 0 N–H and O–H groups in total. The van der Waals surface area contributed by atoms with E-state index in [9.17, 15) is 22.0 Å². The van der Waals surface area contributed by atoms with Crippen molar-refractivity contribution >= 4 is 22.6 Å². The van der Waals surface area contributed by atoms with E-state index in [0.717, 1.165) is 3.57 Å². The van der Waals surface area contributed by atoms with E-state index in [2.05, 4.69) is 4.74 Å². The van der Waals surface area contributed by atoms with Gasteiger partial charge in [0.05, 0.1) is 0 Å². The molecule has 98 valence electrons. The van der Waals surface area contributed by atoms with Gasteiger partial charge in [0.15, 0.2) is 0 Å². The highest BCUT2D eigenvalue weighted by Gasteiger charge is 2.74. The van der Waals surface area contributed by atoms with Crippen LogP contribution in [0.4, 0.5) is 22.0 Å². The van der Waals surface area contributed by atoms with Crippen molar-refractivity contribution in [2.45, 2.75) is 18.5 Å². The summed E-state index contributed by atoms with van der Waals surface area (Å²) in [6, 6.07) is 6.54. The highest BCUT2D eigenvalue weighted by molar-refractivity contribution is 14.1. The van der Waals surface area contributed by atoms with Crippen molar-refractivity contribution in [3.05, 3.63) is 45.0 Å². The van der Waals surface area contributed by atoms with Crippen LogP contribution in [0.1, 0.15) is 5.56 Å². The SMILES string of the molecule is FC1=C(OCc2ccc(I)cc2)C(F)(F)C1(F)F. The summed E-state index contributed by atoms with van der Waals surface area (Å²) < 4.78 is 68.7. The molecule has 0 saturated heterocycles. The van der Waals surface area contributed by atoms with Gasteiger partial charge in [-0.15, -0.1) is 0 Å². The molecule has 0 aliphatic heterocycles. The maximum Gasteiger partial charge on any atom is 0.375 e. The third-order valence-corrected chi connectivity index (χ3v) is 3.17. The van der Waals surface area contributed by atoms with E-state index in [4.69, 9.17) is 0 Å². The molecule has 0 unspecified atom stereocenters. The van der Waals surface area contributed by atoms with E-state index < -0.39 is 23.4 Å². The molecule has 0 atom stereocenters. The zero-order valence-electron chi connectivity index (χ0n) is 8.69. The standard InChI is InChI=1S/C11H6F5IO/c12-8-9(11(15,16)10(8,13)14)18-5-6-1-3-7(17)4-2-6/h1-4H,5H2. The minimum absolute atomic E-state index is 0.384. The number of hydrogen-bond acceptors (Lipinski definition) is 1. The Morgan fingerprint density at radius 3 is 2.06 bits per heavy atom. The predicted molar refractivity (Wildman–Crippen MR) is 62.0 cm³/mol. The van der Waals surface area contributed by atoms with Gasteiger partial charge in [0.25, 0.3) is 0 Å². The molecular weight excluding hydrogens is 370 g/mol. The lowest BCUT2D eigenvalue weighted by molar-refractivity contribution is -0.233. The number of rotatable bonds is 3. The van der Waals surface area contributed by atoms with Crippen molar-refractivity contribution in [3.63, 3.8) is 0 Å². The fraction of sp³-hybridized carbons (Fsp3) is 0.273. The van der Waals surface area contributed by atoms with Crippen molar-refractivity contribution in [3.8, 4) is 0 Å². The summed E-state index contributed by atoms with van der Waals surface area (Å²) in [4.78, 5) is 0. The van der Waals surface area contributed by atoms with Crippen LogP contribution >= 0.6 is 22.6 Å². The molecular formula is C11H6F5IO. The van der Waals surface area contributed by atoms with Crippen molar-refractivity contribution < 1.29 is 26.7 Å². The Kier molecular flexibility index (Phi) is 3.28. The normalized spacial score (nSPS) is 20.6. The minimum Gasteiger partial charge on any atom is -0.484 e. The number of allylic oxidation sites excluding steroid dienone is 2. The van der Waals surface area contributed by atoms with Gasteiger partial charge in [-0.3, -0.25) is 0 Å². The second-order valence-corrected chi connectivity index (χ2v) is 4.95. The Bertz CT molecular complexity index is 495. The molecule has 1 aromatic carbocycles. The van der Waals surface area contributed by atoms with Crippen LogP contribution < -0.4 is 0 Å². The van der Waals surface area contributed by atoms with Crippen LogP contribution in [-0.4, -0.2) is 11.8 Å². The van der Waals surface area contributed by atoms with Gasteiger partial charge in [-0.25, -0.2) is 4.39 Å². The van der Waals surface area contributed by atoms with E-state index in [1.165, 1.54) is 0 Å². The Balaban J connectivity index is 2.08. The molecule has 1 aliphatic rings. The first-order valence-corrected chi connectivity index (χ1v) is 5.88. The molecule has 0 bridgehead atoms. The summed E-state index contributed by atoms with van der Waals surface area (Å²) in [5.74, 6) is -13.1. The van der Waals surface area contributed by atoms with Gasteiger partial charge in [0, 0.05) is 3.57 Å². The lowest BCUT2D eigenvalue weighted by Crippen LogP contribution is -2.53. The number of halogens is 6. The summed E-state index contributed by atoms with van der Waals surface area (Å²) in [6.45, 7) is -0.384. The average molecular weight is 376 g/mol. The molecule has 1 aromatic rings. The van der Waals surface area contributed by atoms with E-state index >= 15 is 0 Å². The third kappa shape index (κ3) is 1.98. The fourth-order valence-corrected chi connectivity index (χ4v) is 1.75. The van der Waals surface area contributed by atoms with Crippen LogP contribution in [0.2, 0.25) is 0 Å². The van der Waals surface area contributed by atoms with Crippen LogP contribution in [0.15, 0.2) is 35.9 Å². The minimum atomic E-state index is -4.76. The second kappa shape index (κ2) is 4.36. The first-order valence-electron chi connectivity index (χ1n) is 4.80. The lowest BCUT2D eigenvalue weighted by Gasteiger charge is -2.35. The monoisotopic (exact) mass is 376 g/mol. The topological polar surface area (TPSA) is 9.23 Å². The van der Waals surface area contributed by atoms with Gasteiger partial charge in [-0.05, 0) is 40.3 Å². The molecule has 0 fully saturated rings. The molecule has 2 rings (SSSR count). The molecule has 7 heteroatoms. The first kappa shape index (κ1) is 13.6. The summed E-state index contributed by atoms with van der Waals surface area (Å²) in [5.41, 5.74) is 0.488. The molecule has 0 spiro atoms. The predicted octanol–water partition coefficient (Wildman–Crippen LogP) is 4.27. The molecule has 1 nitrogen and oxygen atoms in total. The highest BCUT2D eigenvalue weighted by Crippen LogP contribution is 2.56. The number of benzene rings is 1. The Morgan fingerprint density at radius 1 is 1.00 bits per heavy atom. The van der Waals surface area contributed by atoms with Crippen LogP contribution in [-0.2, 0) is 11.3 Å². The average Bonchev–Trinajstić information content (AvgIpc) is 2.31. The number of hydrogen-bond donors (Lipinski definition) is 0. The van der Waals surface area contributed by atoms with Crippen LogP contribution in [0.25, 0.3) is 0 Å². The molecule has 0 heterocycles. The zero-order valence-corrected chi connectivity index (χ0v) is 10.9. The summed E-state index contributed by atoms with van der Waals surface area (Å²) in [6.07, 6.45) is 0. The lowest BCUT2D eigenvalue weighted by atomic mass is 9.96. The highest BCUT2D eigenvalue weighted by atomic mass is 127. The van der Waals surface area contributed by atoms with Crippen molar-refractivity contribution in [2.24, 2.45) is 0 Å². The molecule has 0 saturated carbocycles. The Hall–Kier alpha value is -0.860. The quantitative estimate of drug-likeness (QED) is 0.566. The van der Waals surface area contributed by atoms with Crippen LogP contribution in [0.5, 0.6) is 0 Å². The van der Waals surface area contributed by atoms with Gasteiger partial charge in [-0.2, -0.15) is 17.6 Å². The third-order valence-electron chi connectivity index (χ3n) is 2.45. The number of ether oxygens (including phenoxy) is 1. The smallest absolute Gasteiger partial charge is 0.375 e. The maximum absolute atomic E-state index is 12.8. The van der Waals surface area contributed by atoms with E-state index in [1.807, 2.05) is 22.6 Å². The molecule has 0 aromatic heterocycles. The molecule has 0 amide bonds. The van der Waals surface area contributed by atoms with E-state index in [-0.39, 0.29) is 6.61 Å². The summed E-state index contributed by atoms with van der Waals surface area (Å²) >= 11 is 2.04. The van der Waals surface area contributed by atoms with Crippen molar-refractivity contribution in [1.82, 2.24) is 0 Å². The van der Waals surface area contributed by atoms with Gasteiger partial charge in [0.1, 0.15) is 6.61 Å². The first-order chi connectivity index (χ1) is 8.26. The molecule has 18 heavy (non-hydrogen) atoms. The largest absolute Gasteiger partial charge is 0.484 e. The van der Waals surface area contributed by atoms with Crippen LogP contribution in [0.3, 0.4) is 0 Å². The van der Waals surface area contributed by atoms with E-state index in [1.54, 1.807) is 24.3 Å². The van der Waals surface area contributed by atoms with Crippen LogP contribution in [0, 0.1) is 3.57 Å². The van der Waals surface area contributed by atoms with Gasteiger partial charge < -0.3 is 4.74 Å². The van der Waals surface area contributed by atoms with Crippen molar-refractivity contribution in [1.29, 1.82) is 0 Å². The summed E-state index contributed by atoms with van der Waals surface area (Å²) in [7, 11) is 0. The fourth-order valence-electron chi connectivity index (χ4n) is 1.39. The van der Waals surface area contributed by atoms with Crippen molar-refractivity contribution in [2.75, 3.05) is 0 Å². The maximum atomic E-state index is 12.8. The number of alkyl halides is 4. The molecule has 1 aliphatic carbocycles. The van der Waals surface area contributed by atoms with Gasteiger partial charge in [0.2, 0.25) is 11.6 Å². The van der Waals surface area contributed by atoms with E-state index in [0.29, 0.717) is 5.56 Å². The Labute approximate surface area is 113 Å². The summed E-state index contributed by atoms with van der Waals surface area (Å²) in [5, 5.41) is 0.